The largest absolute Gasteiger partial charge is 0.490 e. The normalized spacial score (nSPS) is 19.2. The van der Waals surface area contributed by atoms with E-state index in [4.69, 9.17) is 10.5 Å². The molecule has 1 unspecified atom stereocenters. The van der Waals surface area contributed by atoms with E-state index in [0.29, 0.717) is 12.4 Å². The van der Waals surface area contributed by atoms with E-state index in [1.165, 1.54) is 0 Å². The molecule has 0 bridgehead atoms. The number of allylic oxidation sites excluding steroid dienone is 1. The zero-order valence-electron chi connectivity index (χ0n) is 8.25. The van der Waals surface area contributed by atoms with Crippen LogP contribution in [0, 0.1) is 5.92 Å². The summed E-state index contributed by atoms with van der Waals surface area (Å²) in [5.41, 5.74) is 5.72. The Kier molecular flexibility index (Phi) is 3.48. The molecule has 0 amide bonds. The number of rotatable bonds is 3. The van der Waals surface area contributed by atoms with Gasteiger partial charge in [-0.15, -0.1) is 0 Å². The zero-order chi connectivity index (χ0) is 9.84. The van der Waals surface area contributed by atoms with Crippen LogP contribution in [0.15, 0.2) is 11.8 Å². The molecular weight excluding hydrogens is 166 g/mol. The van der Waals surface area contributed by atoms with Crippen LogP contribution >= 0.6 is 0 Å². The standard InChI is InChI=1S/C10H17NO2/c1-7(2)9(11)10(12)8-5-3-4-6-13-8/h5,7,9H,3-4,6,11H2,1-2H3. The van der Waals surface area contributed by atoms with E-state index >= 15 is 0 Å². The lowest BCUT2D eigenvalue weighted by molar-refractivity contribution is -0.121. The number of nitrogens with two attached hydrogens (primary N) is 1. The third-order valence-electron chi connectivity index (χ3n) is 2.20. The fraction of sp³-hybridized carbons (Fsp3) is 0.700. The Morgan fingerprint density at radius 3 is 2.77 bits per heavy atom. The summed E-state index contributed by atoms with van der Waals surface area (Å²) in [5, 5.41) is 0. The van der Waals surface area contributed by atoms with Crippen LogP contribution < -0.4 is 5.73 Å². The molecule has 1 aliphatic heterocycles. The first-order valence-electron chi connectivity index (χ1n) is 4.75. The molecule has 1 aliphatic rings. The molecule has 0 fully saturated rings. The molecular formula is C10H17NO2. The van der Waals surface area contributed by atoms with Crippen molar-refractivity contribution in [2.24, 2.45) is 11.7 Å². The van der Waals surface area contributed by atoms with Crippen molar-refractivity contribution in [2.45, 2.75) is 32.7 Å². The number of carbonyl (C=O) groups is 1. The minimum Gasteiger partial charge on any atom is -0.490 e. The Hall–Kier alpha value is -0.830. The third-order valence-corrected chi connectivity index (χ3v) is 2.20. The predicted octanol–water partition coefficient (Wildman–Crippen LogP) is 1.23. The van der Waals surface area contributed by atoms with Crippen LogP contribution in [0.5, 0.6) is 0 Å². The Morgan fingerprint density at radius 1 is 1.62 bits per heavy atom. The smallest absolute Gasteiger partial charge is 0.213 e. The summed E-state index contributed by atoms with van der Waals surface area (Å²) in [6.07, 6.45) is 3.76. The first-order chi connectivity index (χ1) is 6.13. The maximum absolute atomic E-state index is 11.6. The van der Waals surface area contributed by atoms with Gasteiger partial charge in [0.1, 0.15) is 0 Å². The fourth-order valence-electron chi connectivity index (χ4n) is 1.20. The Morgan fingerprint density at radius 2 is 2.31 bits per heavy atom. The molecule has 0 aromatic rings. The van der Waals surface area contributed by atoms with Gasteiger partial charge in [-0.25, -0.2) is 0 Å². The number of ether oxygens (including phenoxy) is 1. The average Bonchev–Trinajstić information content (AvgIpc) is 2.17. The van der Waals surface area contributed by atoms with E-state index < -0.39 is 6.04 Å². The highest BCUT2D eigenvalue weighted by Gasteiger charge is 2.23. The molecule has 0 saturated heterocycles. The van der Waals surface area contributed by atoms with Crippen molar-refractivity contribution in [3.8, 4) is 0 Å². The number of carbonyl (C=O) groups excluding carboxylic acids is 1. The molecule has 0 aromatic heterocycles. The van der Waals surface area contributed by atoms with E-state index in [1.807, 2.05) is 19.9 Å². The van der Waals surface area contributed by atoms with Gasteiger partial charge >= 0.3 is 0 Å². The molecule has 3 nitrogen and oxygen atoms in total. The van der Waals surface area contributed by atoms with Gasteiger partial charge in [-0.1, -0.05) is 13.8 Å². The van der Waals surface area contributed by atoms with Gasteiger partial charge in [-0.2, -0.15) is 0 Å². The molecule has 3 heteroatoms. The maximum Gasteiger partial charge on any atom is 0.213 e. The molecule has 74 valence electrons. The number of hydrogen-bond acceptors (Lipinski definition) is 3. The van der Waals surface area contributed by atoms with Gasteiger partial charge in [0.25, 0.3) is 0 Å². The minimum absolute atomic E-state index is 0.0605. The van der Waals surface area contributed by atoms with Crippen molar-refractivity contribution in [1.29, 1.82) is 0 Å². The lowest BCUT2D eigenvalue weighted by Gasteiger charge is -2.19. The van der Waals surface area contributed by atoms with E-state index in [9.17, 15) is 4.79 Å². The summed E-state index contributed by atoms with van der Waals surface area (Å²) in [4.78, 5) is 11.6. The molecule has 0 aromatic carbocycles. The molecule has 1 atom stereocenters. The quantitative estimate of drug-likeness (QED) is 0.716. The van der Waals surface area contributed by atoms with Crippen LogP contribution in [0.1, 0.15) is 26.7 Å². The van der Waals surface area contributed by atoms with Gasteiger partial charge < -0.3 is 10.5 Å². The van der Waals surface area contributed by atoms with Gasteiger partial charge in [0.15, 0.2) is 5.76 Å². The van der Waals surface area contributed by atoms with E-state index in [2.05, 4.69) is 0 Å². The second-order valence-electron chi connectivity index (χ2n) is 3.69. The SMILES string of the molecule is CC(C)C(N)C(=O)C1=CCCCO1. The van der Waals surface area contributed by atoms with Crippen LogP contribution in [-0.2, 0) is 9.53 Å². The van der Waals surface area contributed by atoms with Crippen LogP contribution in [0.4, 0.5) is 0 Å². The Balaban J connectivity index is 2.60. The lowest BCUT2D eigenvalue weighted by Crippen LogP contribution is -2.37. The fourth-order valence-corrected chi connectivity index (χ4v) is 1.20. The van der Waals surface area contributed by atoms with Crippen LogP contribution in [-0.4, -0.2) is 18.4 Å². The zero-order valence-corrected chi connectivity index (χ0v) is 8.25. The molecule has 13 heavy (non-hydrogen) atoms. The van der Waals surface area contributed by atoms with Crippen molar-refractivity contribution >= 4 is 5.78 Å². The van der Waals surface area contributed by atoms with Crippen molar-refractivity contribution in [3.05, 3.63) is 11.8 Å². The summed E-state index contributed by atoms with van der Waals surface area (Å²) in [7, 11) is 0. The van der Waals surface area contributed by atoms with E-state index in [0.717, 1.165) is 12.8 Å². The summed E-state index contributed by atoms with van der Waals surface area (Å²) in [6, 6.07) is -0.427. The molecule has 0 saturated carbocycles. The molecule has 1 rings (SSSR count). The monoisotopic (exact) mass is 183 g/mol. The first-order valence-corrected chi connectivity index (χ1v) is 4.75. The highest BCUT2D eigenvalue weighted by atomic mass is 16.5. The summed E-state index contributed by atoms with van der Waals surface area (Å²) >= 11 is 0. The van der Waals surface area contributed by atoms with Gasteiger partial charge in [0, 0.05) is 0 Å². The lowest BCUT2D eigenvalue weighted by atomic mass is 9.99. The molecule has 0 spiro atoms. The highest BCUT2D eigenvalue weighted by Crippen LogP contribution is 2.14. The van der Waals surface area contributed by atoms with E-state index in [-0.39, 0.29) is 11.7 Å². The molecule has 0 radical (unpaired) electrons. The number of ketones is 1. The minimum atomic E-state index is -0.427. The van der Waals surface area contributed by atoms with Crippen LogP contribution in [0.25, 0.3) is 0 Å². The predicted molar refractivity (Wildman–Crippen MR) is 51.1 cm³/mol. The summed E-state index contributed by atoms with van der Waals surface area (Å²) in [6.45, 7) is 4.51. The number of Topliss-reactive ketones (excluding diaryl/α,β-unsaturated/α-hetero) is 1. The Bertz CT molecular complexity index is 221. The van der Waals surface area contributed by atoms with Crippen LogP contribution in [0.3, 0.4) is 0 Å². The second-order valence-corrected chi connectivity index (χ2v) is 3.69. The molecule has 0 aliphatic carbocycles. The molecule has 2 N–H and O–H groups in total. The maximum atomic E-state index is 11.6. The average molecular weight is 183 g/mol. The topological polar surface area (TPSA) is 52.3 Å². The van der Waals surface area contributed by atoms with Crippen molar-refractivity contribution < 1.29 is 9.53 Å². The van der Waals surface area contributed by atoms with Gasteiger partial charge in [-0.05, 0) is 24.8 Å². The van der Waals surface area contributed by atoms with Gasteiger partial charge in [-0.3, -0.25) is 4.79 Å². The van der Waals surface area contributed by atoms with Crippen molar-refractivity contribution in [3.63, 3.8) is 0 Å². The third kappa shape index (κ3) is 2.56. The number of hydrogen-bond donors (Lipinski definition) is 1. The Labute approximate surface area is 78.9 Å². The molecule has 1 heterocycles. The second kappa shape index (κ2) is 4.42. The van der Waals surface area contributed by atoms with Crippen LogP contribution in [0.2, 0.25) is 0 Å². The highest BCUT2D eigenvalue weighted by molar-refractivity contribution is 5.97. The summed E-state index contributed by atoms with van der Waals surface area (Å²) in [5.74, 6) is 0.570. The van der Waals surface area contributed by atoms with Gasteiger partial charge in [0.05, 0.1) is 12.6 Å². The summed E-state index contributed by atoms with van der Waals surface area (Å²) < 4.78 is 5.24. The van der Waals surface area contributed by atoms with Crippen molar-refractivity contribution in [2.75, 3.05) is 6.61 Å². The van der Waals surface area contributed by atoms with Gasteiger partial charge in [0.2, 0.25) is 5.78 Å². The van der Waals surface area contributed by atoms with E-state index in [1.54, 1.807) is 0 Å². The first kappa shape index (κ1) is 10.3. The van der Waals surface area contributed by atoms with Crippen molar-refractivity contribution in [1.82, 2.24) is 0 Å².